The smallest absolute Gasteiger partial charge is 0.244 e. The molecule has 2 aromatic heterocycles. The summed E-state index contributed by atoms with van der Waals surface area (Å²) in [6.07, 6.45) is 0.893. The van der Waals surface area contributed by atoms with Gasteiger partial charge >= 0.3 is 0 Å². The Kier molecular flexibility index (Phi) is 5.61. The number of nitrogens with one attached hydrogen (secondary N) is 1. The van der Waals surface area contributed by atoms with Gasteiger partial charge in [0.2, 0.25) is 11.8 Å². The maximum absolute atomic E-state index is 9.92. The second-order valence-electron chi connectivity index (χ2n) is 7.33. The Labute approximate surface area is 185 Å². The quantitative estimate of drug-likeness (QED) is 0.576. The van der Waals surface area contributed by atoms with Crippen molar-refractivity contribution in [2.75, 3.05) is 13.7 Å². The van der Waals surface area contributed by atoms with Gasteiger partial charge in [-0.1, -0.05) is 13.0 Å². The number of benzene rings is 1. The molecule has 3 aromatic rings. The molecule has 1 aliphatic rings. The summed E-state index contributed by atoms with van der Waals surface area (Å²) in [6.45, 7) is 6.77. The van der Waals surface area contributed by atoms with Gasteiger partial charge < -0.3 is 19.9 Å². The molecule has 0 spiro atoms. The minimum Gasteiger partial charge on any atom is -0.493 e. The summed E-state index contributed by atoms with van der Waals surface area (Å²) in [5.41, 5.74) is 9.94. The molecule has 3 N–H and O–H groups in total. The largest absolute Gasteiger partial charge is 0.493 e. The van der Waals surface area contributed by atoms with Gasteiger partial charge in [-0.2, -0.15) is 5.26 Å². The summed E-state index contributed by atoms with van der Waals surface area (Å²) in [5.74, 6) is 1.25. The van der Waals surface area contributed by atoms with Crippen molar-refractivity contribution in [3.05, 3.63) is 56.6 Å². The number of aromatic nitrogens is 2. The first-order valence-corrected chi connectivity index (χ1v) is 10.8. The van der Waals surface area contributed by atoms with Gasteiger partial charge in [0.1, 0.15) is 11.6 Å². The predicted molar refractivity (Wildman–Crippen MR) is 119 cm³/mol. The molecule has 0 amide bonds. The second kappa shape index (κ2) is 8.36. The maximum atomic E-state index is 9.92. The van der Waals surface area contributed by atoms with Crippen molar-refractivity contribution in [3.8, 4) is 34.7 Å². The first-order valence-electron chi connectivity index (χ1n) is 10.0. The zero-order valence-electron chi connectivity index (χ0n) is 17.9. The van der Waals surface area contributed by atoms with Gasteiger partial charge in [0.15, 0.2) is 11.5 Å². The van der Waals surface area contributed by atoms with Crippen molar-refractivity contribution < 1.29 is 14.2 Å². The molecule has 0 unspecified atom stereocenters. The summed E-state index contributed by atoms with van der Waals surface area (Å²) in [5, 5.41) is 17.4. The van der Waals surface area contributed by atoms with Gasteiger partial charge in [0.05, 0.1) is 30.9 Å². The lowest BCUT2D eigenvalue weighted by atomic mass is 9.83. The molecule has 7 nitrogen and oxygen atoms in total. The third-order valence-corrected chi connectivity index (χ3v) is 6.20. The number of H-pyrrole nitrogens is 1. The molecule has 0 saturated heterocycles. The molecule has 1 atom stereocenters. The Hall–Kier alpha value is -3.44. The van der Waals surface area contributed by atoms with Crippen molar-refractivity contribution in [2.24, 2.45) is 5.73 Å². The molecule has 3 heterocycles. The SMILES string of the molecule is CCCOc1ccc([C@@H]2C(C#N)=C(N)Oc3n[nH]c(-c4cc(C)sc4C)c32)cc1OC. The second-order valence-corrected chi connectivity index (χ2v) is 8.79. The molecule has 8 heteroatoms. The average Bonchev–Trinajstić information content (AvgIpc) is 3.32. The van der Waals surface area contributed by atoms with Crippen molar-refractivity contribution in [1.82, 2.24) is 10.2 Å². The van der Waals surface area contributed by atoms with Crippen LogP contribution in [0.1, 0.15) is 40.1 Å². The Morgan fingerprint density at radius 2 is 2.10 bits per heavy atom. The lowest BCUT2D eigenvalue weighted by molar-refractivity contribution is 0.294. The van der Waals surface area contributed by atoms with Crippen LogP contribution in [0.2, 0.25) is 0 Å². The third-order valence-electron chi connectivity index (χ3n) is 5.23. The highest BCUT2D eigenvalue weighted by Gasteiger charge is 2.36. The molecule has 1 aromatic carbocycles. The fraction of sp³-hybridized carbons (Fsp3) is 0.304. The van der Waals surface area contributed by atoms with Crippen LogP contribution in [0.4, 0.5) is 0 Å². The van der Waals surface area contributed by atoms with E-state index in [0.29, 0.717) is 29.6 Å². The van der Waals surface area contributed by atoms with Crippen molar-refractivity contribution in [1.29, 1.82) is 5.26 Å². The van der Waals surface area contributed by atoms with E-state index >= 15 is 0 Å². The van der Waals surface area contributed by atoms with E-state index < -0.39 is 5.92 Å². The number of hydrogen-bond donors (Lipinski definition) is 2. The molecule has 160 valence electrons. The van der Waals surface area contributed by atoms with Gasteiger partial charge in [0.25, 0.3) is 0 Å². The number of fused-ring (bicyclic) bond motifs is 1. The van der Waals surface area contributed by atoms with Gasteiger partial charge in [-0.25, -0.2) is 0 Å². The van der Waals surface area contributed by atoms with E-state index in [9.17, 15) is 5.26 Å². The van der Waals surface area contributed by atoms with Crippen LogP contribution in [0, 0.1) is 25.2 Å². The number of methoxy groups -OCH3 is 1. The standard InChI is InChI=1S/C23H24N4O3S/c1-5-8-29-17-7-6-14(10-18(17)28-4)19-16(11-24)22(25)30-23-20(19)21(26-27-23)15-9-12(2)31-13(15)3/h6-7,9-10,19H,5,8,25H2,1-4H3,(H,26,27)/t19-/m1/s1. The van der Waals surface area contributed by atoms with Crippen LogP contribution in [-0.4, -0.2) is 23.9 Å². The topological polar surface area (TPSA) is 106 Å². The summed E-state index contributed by atoms with van der Waals surface area (Å²) in [6, 6.07) is 10.0. The van der Waals surface area contributed by atoms with Gasteiger partial charge in [-0.05, 0) is 44.0 Å². The molecule has 0 radical (unpaired) electrons. The number of aryl methyl sites for hydroxylation is 2. The van der Waals surface area contributed by atoms with Crippen LogP contribution in [0.5, 0.6) is 17.4 Å². The van der Waals surface area contributed by atoms with Gasteiger partial charge in [-0.3, -0.25) is 5.10 Å². The molecule has 0 bridgehead atoms. The third kappa shape index (κ3) is 3.62. The number of rotatable bonds is 6. The number of thiophene rings is 1. The van der Waals surface area contributed by atoms with E-state index in [1.807, 2.05) is 25.1 Å². The van der Waals surface area contributed by atoms with Crippen LogP contribution in [-0.2, 0) is 0 Å². The molecule has 1 aliphatic heterocycles. The molecule has 0 saturated carbocycles. The predicted octanol–water partition coefficient (Wildman–Crippen LogP) is 4.77. The minimum absolute atomic E-state index is 0.0570. The molecule has 31 heavy (non-hydrogen) atoms. The number of allylic oxidation sites excluding steroid dienone is 1. The number of hydrogen-bond acceptors (Lipinski definition) is 7. The molecule has 0 aliphatic carbocycles. The lowest BCUT2D eigenvalue weighted by Crippen LogP contribution is -2.21. The van der Waals surface area contributed by atoms with E-state index in [4.69, 9.17) is 19.9 Å². The summed E-state index contributed by atoms with van der Waals surface area (Å²) in [7, 11) is 1.60. The van der Waals surface area contributed by atoms with Crippen LogP contribution in [0.15, 0.2) is 35.7 Å². The van der Waals surface area contributed by atoms with Crippen LogP contribution in [0.25, 0.3) is 11.3 Å². The molecule has 4 rings (SSSR count). The molecular weight excluding hydrogens is 412 g/mol. The Balaban J connectivity index is 1.89. The van der Waals surface area contributed by atoms with E-state index in [2.05, 4.69) is 36.2 Å². The van der Waals surface area contributed by atoms with E-state index in [1.165, 1.54) is 4.88 Å². The normalized spacial score (nSPS) is 15.3. The van der Waals surface area contributed by atoms with Crippen molar-refractivity contribution in [3.63, 3.8) is 0 Å². The lowest BCUT2D eigenvalue weighted by Gasteiger charge is -2.24. The Morgan fingerprint density at radius 1 is 1.29 bits per heavy atom. The average molecular weight is 437 g/mol. The maximum Gasteiger partial charge on any atom is 0.244 e. The number of nitrogens with two attached hydrogens (primary N) is 1. The fourth-order valence-electron chi connectivity index (χ4n) is 3.86. The van der Waals surface area contributed by atoms with E-state index in [0.717, 1.165) is 33.7 Å². The van der Waals surface area contributed by atoms with Gasteiger partial charge in [-0.15, -0.1) is 16.4 Å². The summed E-state index contributed by atoms with van der Waals surface area (Å²) in [4.78, 5) is 2.35. The highest BCUT2D eigenvalue weighted by molar-refractivity contribution is 7.12. The molecular formula is C23H24N4O3S. The Bertz CT molecular complexity index is 1200. The van der Waals surface area contributed by atoms with Crippen molar-refractivity contribution >= 4 is 11.3 Å². The number of nitrogens with zero attached hydrogens (tertiary/aromatic N) is 2. The van der Waals surface area contributed by atoms with Crippen molar-refractivity contribution in [2.45, 2.75) is 33.1 Å². The van der Waals surface area contributed by atoms with Crippen LogP contribution < -0.4 is 19.9 Å². The summed E-state index contributed by atoms with van der Waals surface area (Å²) >= 11 is 1.71. The summed E-state index contributed by atoms with van der Waals surface area (Å²) < 4.78 is 17.1. The molecule has 0 fully saturated rings. The zero-order valence-corrected chi connectivity index (χ0v) is 18.7. The zero-order chi connectivity index (χ0) is 22.1. The fourth-order valence-corrected chi connectivity index (χ4v) is 4.79. The first-order chi connectivity index (χ1) is 15.0. The van der Waals surface area contributed by atoms with E-state index in [1.54, 1.807) is 18.4 Å². The first kappa shape index (κ1) is 20.8. The minimum atomic E-state index is -0.448. The van der Waals surface area contributed by atoms with Crippen LogP contribution >= 0.6 is 11.3 Å². The number of nitriles is 1. The highest BCUT2D eigenvalue weighted by atomic mass is 32.1. The highest BCUT2D eigenvalue weighted by Crippen LogP contribution is 2.48. The number of aromatic amines is 1. The van der Waals surface area contributed by atoms with Gasteiger partial charge in [0, 0.05) is 15.3 Å². The Morgan fingerprint density at radius 3 is 2.74 bits per heavy atom. The monoisotopic (exact) mass is 436 g/mol. The number of ether oxygens (including phenoxy) is 3. The van der Waals surface area contributed by atoms with Crippen LogP contribution in [0.3, 0.4) is 0 Å². The van der Waals surface area contributed by atoms with E-state index in [-0.39, 0.29) is 5.88 Å².